The van der Waals surface area contributed by atoms with Crippen molar-refractivity contribution in [1.82, 2.24) is 0 Å². The second-order valence-electron chi connectivity index (χ2n) is 7.24. The average molecular weight is 424 g/mol. The summed E-state index contributed by atoms with van der Waals surface area (Å²) in [7, 11) is 4.87. The molecule has 0 spiro atoms. The van der Waals surface area contributed by atoms with Gasteiger partial charge < -0.3 is 14.2 Å². The van der Waals surface area contributed by atoms with Crippen LogP contribution in [0.4, 0.5) is 0 Å². The third kappa shape index (κ3) is 4.21. The highest BCUT2D eigenvalue weighted by atomic mass is 16.5. The van der Waals surface area contributed by atoms with Gasteiger partial charge in [-0.05, 0) is 64.2 Å². The molecule has 32 heavy (non-hydrogen) atoms. The van der Waals surface area contributed by atoms with Gasteiger partial charge in [0, 0.05) is 5.57 Å². The summed E-state index contributed by atoms with van der Waals surface area (Å²) in [5.41, 5.74) is 5.50. The van der Waals surface area contributed by atoms with E-state index in [1.807, 2.05) is 85.0 Å². The second-order valence-corrected chi connectivity index (χ2v) is 7.24. The number of methoxy groups -OCH3 is 3. The Balaban J connectivity index is 1.86. The van der Waals surface area contributed by atoms with Crippen LogP contribution in [0.1, 0.15) is 22.3 Å². The van der Waals surface area contributed by atoms with E-state index >= 15 is 0 Å². The lowest BCUT2D eigenvalue weighted by atomic mass is 9.90. The first-order valence-electron chi connectivity index (χ1n) is 10.2. The highest BCUT2D eigenvalue weighted by Gasteiger charge is 2.16. The molecular weight excluding hydrogens is 400 g/mol. The Morgan fingerprint density at radius 2 is 1.47 bits per heavy atom. The standard InChI is InChI=1S/C28H24O4/c1-30-22-12-8-20(9-13-22)23(21-11-17-27(31-2)28(18-21)32-3)14-15-25-24-7-5-4-6-19(24)10-16-26(25)29/h4-18H,1-3H3/b23-14-,25-15+. The largest absolute Gasteiger partial charge is 0.497 e. The van der Waals surface area contributed by atoms with Crippen LogP contribution in [0.25, 0.3) is 17.2 Å². The molecule has 4 rings (SSSR count). The van der Waals surface area contributed by atoms with E-state index in [4.69, 9.17) is 14.2 Å². The molecule has 1 aliphatic carbocycles. The van der Waals surface area contributed by atoms with Gasteiger partial charge in [-0.1, -0.05) is 54.6 Å². The Morgan fingerprint density at radius 3 is 2.19 bits per heavy atom. The predicted molar refractivity (Wildman–Crippen MR) is 128 cm³/mol. The highest BCUT2D eigenvalue weighted by molar-refractivity contribution is 6.30. The smallest absolute Gasteiger partial charge is 0.186 e. The van der Waals surface area contributed by atoms with Gasteiger partial charge in [0.05, 0.1) is 21.3 Å². The lowest BCUT2D eigenvalue weighted by molar-refractivity contribution is -0.109. The van der Waals surface area contributed by atoms with Gasteiger partial charge in [0.25, 0.3) is 0 Å². The van der Waals surface area contributed by atoms with Gasteiger partial charge >= 0.3 is 0 Å². The van der Waals surface area contributed by atoms with Crippen molar-refractivity contribution in [2.45, 2.75) is 0 Å². The first-order valence-corrected chi connectivity index (χ1v) is 10.2. The van der Waals surface area contributed by atoms with E-state index in [-0.39, 0.29) is 5.78 Å². The first kappa shape index (κ1) is 21.2. The number of hydrogen-bond acceptors (Lipinski definition) is 4. The summed E-state index contributed by atoms with van der Waals surface area (Å²) < 4.78 is 16.2. The predicted octanol–water partition coefficient (Wildman–Crippen LogP) is 5.82. The van der Waals surface area contributed by atoms with Crippen LogP contribution in [0.3, 0.4) is 0 Å². The fraction of sp³-hybridized carbons (Fsp3) is 0.107. The maximum Gasteiger partial charge on any atom is 0.186 e. The quantitative estimate of drug-likeness (QED) is 0.468. The van der Waals surface area contributed by atoms with Crippen molar-refractivity contribution in [3.63, 3.8) is 0 Å². The number of rotatable bonds is 6. The summed E-state index contributed by atoms with van der Waals surface area (Å²) in [6.07, 6.45) is 7.34. The zero-order valence-corrected chi connectivity index (χ0v) is 18.3. The zero-order chi connectivity index (χ0) is 22.5. The fourth-order valence-electron chi connectivity index (χ4n) is 3.75. The number of ether oxygens (including phenoxy) is 3. The lowest BCUT2D eigenvalue weighted by Gasteiger charge is -2.14. The number of carbonyl (C=O) groups is 1. The Hall–Kier alpha value is -4.05. The molecule has 0 bridgehead atoms. The minimum absolute atomic E-state index is 0.0126. The van der Waals surface area contributed by atoms with Crippen molar-refractivity contribution in [3.8, 4) is 17.2 Å². The summed E-state index contributed by atoms with van der Waals surface area (Å²) in [6, 6.07) is 21.5. The van der Waals surface area contributed by atoms with Crippen molar-refractivity contribution in [2.24, 2.45) is 0 Å². The summed E-state index contributed by atoms with van der Waals surface area (Å²) in [6.45, 7) is 0. The number of allylic oxidation sites excluding steroid dienone is 4. The van der Waals surface area contributed by atoms with Crippen LogP contribution >= 0.6 is 0 Å². The molecule has 0 heterocycles. The molecule has 0 aromatic heterocycles. The molecule has 0 saturated carbocycles. The van der Waals surface area contributed by atoms with Crippen molar-refractivity contribution in [2.75, 3.05) is 21.3 Å². The first-order chi connectivity index (χ1) is 15.6. The van der Waals surface area contributed by atoms with Crippen LogP contribution in [0.5, 0.6) is 17.2 Å². The van der Waals surface area contributed by atoms with E-state index < -0.39 is 0 Å². The van der Waals surface area contributed by atoms with E-state index in [2.05, 4.69) is 0 Å². The lowest BCUT2D eigenvalue weighted by Crippen LogP contribution is -2.04. The zero-order valence-electron chi connectivity index (χ0n) is 18.3. The second kappa shape index (κ2) is 9.40. The molecule has 0 N–H and O–H groups in total. The summed E-state index contributed by atoms with van der Waals surface area (Å²) in [5, 5.41) is 0. The van der Waals surface area contributed by atoms with E-state index in [9.17, 15) is 4.79 Å². The number of benzene rings is 3. The van der Waals surface area contributed by atoms with Crippen LogP contribution in [-0.2, 0) is 4.79 Å². The van der Waals surface area contributed by atoms with Crippen molar-refractivity contribution >= 4 is 23.0 Å². The van der Waals surface area contributed by atoms with E-state index in [1.54, 1.807) is 27.4 Å². The van der Waals surface area contributed by atoms with E-state index in [1.165, 1.54) is 0 Å². The third-order valence-electron chi connectivity index (χ3n) is 5.44. The topological polar surface area (TPSA) is 44.8 Å². The van der Waals surface area contributed by atoms with Crippen molar-refractivity contribution < 1.29 is 19.0 Å². The Labute approximate surface area is 188 Å². The summed E-state index contributed by atoms with van der Waals surface area (Å²) in [5.74, 6) is 2.06. The molecule has 0 unspecified atom stereocenters. The SMILES string of the molecule is COc1ccc(/C(=C/C=C2/C(=O)C=Cc3ccccc32)c2ccc(OC)c(OC)c2)cc1. The Kier molecular flexibility index (Phi) is 6.22. The van der Waals surface area contributed by atoms with E-state index in [0.29, 0.717) is 17.1 Å². The van der Waals surface area contributed by atoms with Gasteiger partial charge in [0.2, 0.25) is 0 Å². The fourth-order valence-corrected chi connectivity index (χ4v) is 3.75. The van der Waals surface area contributed by atoms with Crippen LogP contribution in [0.2, 0.25) is 0 Å². The van der Waals surface area contributed by atoms with Gasteiger partial charge in [-0.3, -0.25) is 4.79 Å². The highest BCUT2D eigenvalue weighted by Crippen LogP contribution is 2.34. The molecule has 0 amide bonds. The normalized spacial score (nSPS) is 14.3. The number of hydrogen-bond donors (Lipinski definition) is 0. The maximum absolute atomic E-state index is 12.7. The van der Waals surface area contributed by atoms with Crippen LogP contribution in [0.15, 0.2) is 85.0 Å². The molecule has 4 heteroatoms. The van der Waals surface area contributed by atoms with Crippen LogP contribution in [0, 0.1) is 0 Å². The average Bonchev–Trinajstić information content (AvgIpc) is 2.85. The van der Waals surface area contributed by atoms with Gasteiger partial charge in [-0.25, -0.2) is 0 Å². The third-order valence-corrected chi connectivity index (χ3v) is 5.44. The van der Waals surface area contributed by atoms with Gasteiger partial charge in [-0.15, -0.1) is 0 Å². The number of fused-ring (bicyclic) bond motifs is 1. The molecule has 3 aromatic carbocycles. The monoisotopic (exact) mass is 424 g/mol. The summed E-state index contributed by atoms with van der Waals surface area (Å²) in [4.78, 5) is 12.7. The van der Waals surface area contributed by atoms with Gasteiger partial charge in [0.1, 0.15) is 5.75 Å². The van der Waals surface area contributed by atoms with Crippen molar-refractivity contribution in [3.05, 3.63) is 107 Å². The van der Waals surface area contributed by atoms with E-state index in [0.717, 1.165) is 33.6 Å². The molecular formula is C28H24O4. The Morgan fingerprint density at radius 1 is 0.750 bits per heavy atom. The van der Waals surface area contributed by atoms with Crippen LogP contribution < -0.4 is 14.2 Å². The molecule has 4 nitrogen and oxygen atoms in total. The summed E-state index contributed by atoms with van der Waals surface area (Å²) >= 11 is 0. The maximum atomic E-state index is 12.7. The van der Waals surface area contributed by atoms with Crippen molar-refractivity contribution in [1.29, 1.82) is 0 Å². The van der Waals surface area contributed by atoms with Gasteiger partial charge in [-0.2, -0.15) is 0 Å². The molecule has 0 fully saturated rings. The van der Waals surface area contributed by atoms with Gasteiger partial charge in [0.15, 0.2) is 17.3 Å². The molecule has 0 aliphatic heterocycles. The molecule has 160 valence electrons. The van der Waals surface area contributed by atoms with Crippen LogP contribution in [-0.4, -0.2) is 27.1 Å². The molecule has 1 aliphatic rings. The Bertz CT molecular complexity index is 1230. The molecule has 0 radical (unpaired) electrons. The number of carbonyl (C=O) groups excluding carboxylic acids is 1. The molecule has 0 atom stereocenters. The minimum atomic E-state index is -0.0126. The number of ketones is 1. The molecule has 3 aromatic rings. The minimum Gasteiger partial charge on any atom is -0.497 e. The molecule has 0 saturated heterocycles.